The van der Waals surface area contributed by atoms with Gasteiger partial charge in [-0.15, -0.1) is 0 Å². The van der Waals surface area contributed by atoms with Crippen molar-refractivity contribution in [2.75, 3.05) is 0 Å². The van der Waals surface area contributed by atoms with Crippen LogP contribution in [0.15, 0.2) is 47.7 Å². The van der Waals surface area contributed by atoms with E-state index < -0.39 is 0 Å². The van der Waals surface area contributed by atoms with E-state index in [2.05, 4.69) is 26.3 Å². The average Bonchev–Trinajstić information content (AvgIpc) is 2.80. The average molecular weight is 298 g/mol. The standard InChI is InChI=1S/C15H14N4OS/c1-10-4-2-5-11(8-10)9-12-13(20)18-15(21-12)19-14-16-6-3-7-17-14/h2-8,12H,9H2,1H3,(H,16,17,18,19,20). The van der Waals surface area contributed by atoms with Gasteiger partial charge in [-0.3, -0.25) is 4.79 Å². The number of thioether (sulfide) groups is 1. The van der Waals surface area contributed by atoms with Gasteiger partial charge in [0.05, 0.1) is 5.25 Å². The molecule has 1 atom stereocenters. The van der Waals surface area contributed by atoms with Crippen molar-refractivity contribution in [3.8, 4) is 0 Å². The van der Waals surface area contributed by atoms with Crippen molar-refractivity contribution in [1.82, 2.24) is 15.3 Å². The van der Waals surface area contributed by atoms with Crippen LogP contribution in [0, 0.1) is 6.92 Å². The van der Waals surface area contributed by atoms with E-state index in [0.29, 0.717) is 17.5 Å². The largest absolute Gasteiger partial charge is 0.304 e. The lowest BCUT2D eigenvalue weighted by Gasteiger charge is -2.05. The monoisotopic (exact) mass is 298 g/mol. The summed E-state index contributed by atoms with van der Waals surface area (Å²) in [5.74, 6) is 0.340. The lowest BCUT2D eigenvalue weighted by molar-refractivity contribution is -0.118. The van der Waals surface area contributed by atoms with E-state index >= 15 is 0 Å². The maximum atomic E-state index is 12.0. The van der Waals surface area contributed by atoms with Crippen LogP contribution in [-0.4, -0.2) is 26.3 Å². The Morgan fingerprint density at radius 1 is 1.29 bits per heavy atom. The summed E-state index contributed by atoms with van der Waals surface area (Å²) < 4.78 is 0. The van der Waals surface area contributed by atoms with Gasteiger partial charge in [-0.05, 0) is 25.0 Å². The topological polar surface area (TPSA) is 67.2 Å². The maximum absolute atomic E-state index is 12.0. The van der Waals surface area contributed by atoms with Crippen molar-refractivity contribution in [3.05, 3.63) is 53.9 Å². The van der Waals surface area contributed by atoms with E-state index in [4.69, 9.17) is 0 Å². The molecule has 0 spiro atoms. The van der Waals surface area contributed by atoms with Crippen molar-refractivity contribution in [1.29, 1.82) is 0 Å². The predicted octanol–water partition coefficient (Wildman–Crippen LogP) is 2.25. The number of amidine groups is 1. The second-order valence-corrected chi connectivity index (χ2v) is 5.95. The van der Waals surface area contributed by atoms with Gasteiger partial charge in [0.25, 0.3) is 5.95 Å². The van der Waals surface area contributed by atoms with Crippen LogP contribution in [0.1, 0.15) is 11.1 Å². The number of amides is 1. The number of benzene rings is 1. The van der Waals surface area contributed by atoms with Crippen molar-refractivity contribution in [3.63, 3.8) is 0 Å². The summed E-state index contributed by atoms with van der Waals surface area (Å²) in [6, 6.07) is 9.92. The Morgan fingerprint density at radius 2 is 2.10 bits per heavy atom. The number of nitrogens with zero attached hydrogens (tertiary/aromatic N) is 3. The molecule has 1 saturated heterocycles. The Hall–Kier alpha value is -2.21. The summed E-state index contributed by atoms with van der Waals surface area (Å²) >= 11 is 1.42. The molecule has 1 aromatic heterocycles. The summed E-state index contributed by atoms with van der Waals surface area (Å²) in [5.41, 5.74) is 2.35. The summed E-state index contributed by atoms with van der Waals surface area (Å²) in [6.45, 7) is 2.05. The molecule has 1 amide bonds. The lowest BCUT2D eigenvalue weighted by atomic mass is 10.1. The third-order valence-corrected chi connectivity index (χ3v) is 4.12. The number of aromatic nitrogens is 2. The first kappa shape index (κ1) is 13.8. The lowest BCUT2D eigenvalue weighted by Crippen LogP contribution is -2.26. The minimum Gasteiger partial charge on any atom is -0.304 e. The molecule has 106 valence electrons. The number of aliphatic imine (C=N–C) groups is 1. The van der Waals surface area contributed by atoms with E-state index in [9.17, 15) is 4.79 Å². The molecule has 0 aliphatic carbocycles. The molecule has 21 heavy (non-hydrogen) atoms. The predicted molar refractivity (Wildman–Crippen MR) is 83.5 cm³/mol. The molecule has 6 heteroatoms. The van der Waals surface area contributed by atoms with Gasteiger partial charge in [0.2, 0.25) is 5.91 Å². The number of carbonyl (C=O) groups excluding carboxylic acids is 1. The first-order valence-electron chi connectivity index (χ1n) is 6.59. The van der Waals surface area contributed by atoms with Crippen LogP contribution < -0.4 is 5.32 Å². The second kappa shape index (κ2) is 6.05. The van der Waals surface area contributed by atoms with Gasteiger partial charge in [-0.25, -0.2) is 9.97 Å². The van der Waals surface area contributed by atoms with Gasteiger partial charge in [0.1, 0.15) is 0 Å². The molecule has 2 heterocycles. The van der Waals surface area contributed by atoms with Crippen LogP contribution in [0.3, 0.4) is 0 Å². The van der Waals surface area contributed by atoms with Crippen LogP contribution in [0.25, 0.3) is 0 Å². The highest BCUT2D eigenvalue weighted by Crippen LogP contribution is 2.24. The smallest absolute Gasteiger partial charge is 0.251 e. The van der Waals surface area contributed by atoms with Crippen molar-refractivity contribution < 1.29 is 4.79 Å². The Balaban J connectivity index is 1.72. The van der Waals surface area contributed by atoms with E-state index in [1.165, 1.54) is 17.3 Å². The normalized spacial score (nSPS) is 19.8. The summed E-state index contributed by atoms with van der Waals surface area (Å²) in [6.07, 6.45) is 3.93. The van der Waals surface area contributed by atoms with Crippen LogP contribution in [0.2, 0.25) is 0 Å². The molecule has 0 bridgehead atoms. The minimum atomic E-state index is -0.158. The van der Waals surface area contributed by atoms with Gasteiger partial charge < -0.3 is 5.32 Å². The number of rotatable bonds is 3. The molecule has 1 aliphatic rings. The van der Waals surface area contributed by atoms with Crippen LogP contribution in [-0.2, 0) is 11.2 Å². The summed E-state index contributed by atoms with van der Waals surface area (Å²) in [4.78, 5) is 24.3. The van der Waals surface area contributed by atoms with E-state index in [-0.39, 0.29) is 11.2 Å². The number of carbonyl (C=O) groups is 1. The SMILES string of the molecule is Cc1cccc(CC2S/C(=N/c3ncccn3)NC2=O)c1. The molecule has 2 aromatic rings. The molecular weight excluding hydrogens is 284 g/mol. The number of hydrogen-bond acceptors (Lipinski definition) is 5. The third kappa shape index (κ3) is 3.46. The molecule has 1 fully saturated rings. The van der Waals surface area contributed by atoms with Crippen molar-refractivity contribution >= 4 is 28.8 Å². The molecule has 5 nitrogen and oxygen atoms in total. The van der Waals surface area contributed by atoms with E-state index in [0.717, 1.165) is 5.56 Å². The van der Waals surface area contributed by atoms with Crippen LogP contribution in [0.5, 0.6) is 0 Å². The summed E-state index contributed by atoms with van der Waals surface area (Å²) in [5, 5.41) is 3.18. The first-order valence-corrected chi connectivity index (χ1v) is 7.47. The fraction of sp³-hybridized carbons (Fsp3) is 0.200. The Morgan fingerprint density at radius 3 is 2.86 bits per heavy atom. The molecule has 1 unspecified atom stereocenters. The zero-order valence-corrected chi connectivity index (χ0v) is 12.3. The quantitative estimate of drug-likeness (QED) is 0.943. The fourth-order valence-electron chi connectivity index (χ4n) is 2.09. The first-order chi connectivity index (χ1) is 10.2. The van der Waals surface area contributed by atoms with Crippen molar-refractivity contribution in [2.24, 2.45) is 4.99 Å². The molecule has 3 rings (SSSR count). The highest BCUT2D eigenvalue weighted by Gasteiger charge is 2.30. The van der Waals surface area contributed by atoms with Gasteiger partial charge >= 0.3 is 0 Å². The Labute approximate surface area is 126 Å². The molecular formula is C15H14N4OS. The van der Waals surface area contributed by atoms with E-state index in [1.54, 1.807) is 18.5 Å². The maximum Gasteiger partial charge on any atom is 0.251 e. The molecule has 0 saturated carbocycles. The number of aryl methyl sites for hydroxylation is 1. The van der Waals surface area contributed by atoms with Crippen molar-refractivity contribution in [2.45, 2.75) is 18.6 Å². The highest BCUT2D eigenvalue weighted by molar-refractivity contribution is 8.15. The highest BCUT2D eigenvalue weighted by atomic mass is 32.2. The molecule has 1 aromatic carbocycles. The summed E-state index contributed by atoms with van der Waals surface area (Å²) in [7, 11) is 0. The van der Waals surface area contributed by atoms with Gasteiger partial charge in [-0.1, -0.05) is 41.6 Å². The fourth-order valence-corrected chi connectivity index (χ4v) is 3.09. The van der Waals surface area contributed by atoms with Crippen LogP contribution in [0.4, 0.5) is 5.95 Å². The minimum absolute atomic E-state index is 0.0174. The Kier molecular flexibility index (Phi) is 3.96. The molecule has 0 radical (unpaired) electrons. The zero-order valence-electron chi connectivity index (χ0n) is 11.5. The second-order valence-electron chi connectivity index (χ2n) is 4.75. The van der Waals surface area contributed by atoms with Crippen LogP contribution >= 0.6 is 11.8 Å². The molecule has 1 N–H and O–H groups in total. The van der Waals surface area contributed by atoms with Gasteiger partial charge in [-0.2, -0.15) is 4.99 Å². The van der Waals surface area contributed by atoms with Gasteiger partial charge in [0.15, 0.2) is 5.17 Å². The Bertz CT molecular complexity index is 687. The zero-order chi connectivity index (χ0) is 14.7. The van der Waals surface area contributed by atoms with Gasteiger partial charge in [0, 0.05) is 12.4 Å². The number of hydrogen-bond donors (Lipinski definition) is 1. The third-order valence-electron chi connectivity index (χ3n) is 3.03. The number of nitrogens with one attached hydrogen (secondary N) is 1. The molecule has 1 aliphatic heterocycles. The van der Waals surface area contributed by atoms with E-state index in [1.807, 2.05) is 25.1 Å².